The maximum absolute atomic E-state index is 11.9. The molecule has 0 radical (unpaired) electrons. The third-order valence-electron chi connectivity index (χ3n) is 3.58. The minimum atomic E-state index is -0.426. The van der Waals surface area contributed by atoms with Gasteiger partial charge >= 0.3 is 5.97 Å². The molecule has 1 heterocycles. The number of benzene rings is 2. The Morgan fingerprint density at radius 2 is 2.00 bits per heavy atom. The number of halogens is 1. The Balaban J connectivity index is 1.90. The molecule has 0 aliphatic rings. The van der Waals surface area contributed by atoms with Crippen LogP contribution in [0.3, 0.4) is 0 Å². The summed E-state index contributed by atoms with van der Waals surface area (Å²) in [5, 5.41) is 1.33. The number of carbonyl (C=O) groups excluding carboxylic acids is 1. The first-order chi connectivity index (χ1) is 11.1. The van der Waals surface area contributed by atoms with Gasteiger partial charge in [0.2, 0.25) is 0 Å². The van der Waals surface area contributed by atoms with Crippen LogP contribution in [-0.2, 0) is 11.3 Å². The molecule has 23 heavy (non-hydrogen) atoms. The van der Waals surface area contributed by atoms with Crippen LogP contribution >= 0.6 is 11.6 Å². The predicted octanol–water partition coefficient (Wildman–Crippen LogP) is 4.76. The Kier molecular flexibility index (Phi) is 4.26. The lowest BCUT2D eigenvalue weighted by atomic mass is 10.1. The summed E-state index contributed by atoms with van der Waals surface area (Å²) < 4.78 is 16.2. The molecule has 5 heteroatoms. The number of methoxy groups -OCH3 is 1. The molecule has 0 N–H and O–H groups in total. The summed E-state index contributed by atoms with van der Waals surface area (Å²) in [6.07, 6.45) is 0. The molecule has 0 spiro atoms. The second kappa shape index (κ2) is 6.34. The van der Waals surface area contributed by atoms with E-state index >= 15 is 0 Å². The standard InChI is InChI=1S/C18H15ClO4/c1-11-17(18(20)21-2)14-9-13(7-8-16(14)23-11)22-10-12-5-3-4-6-15(12)19/h3-9H,10H2,1-2H3. The van der Waals surface area contributed by atoms with E-state index in [-0.39, 0.29) is 0 Å². The number of hydrogen-bond acceptors (Lipinski definition) is 4. The first-order valence-electron chi connectivity index (χ1n) is 7.08. The van der Waals surface area contributed by atoms with Crippen molar-refractivity contribution >= 4 is 28.5 Å². The molecule has 3 aromatic rings. The summed E-state index contributed by atoms with van der Waals surface area (Å²) in [6, 6.07) is 12.8. The lowest BCUT2D eigenvalue weighted by Crippen LogP contribution is -2.02. The van der Waals surface area contributed by atoms with E-state index in [0.29, 0.717) is 39.7 Å². The van der Waals surface area contributed by atoms with Crippen molar-refractivity contribution in [2.45, 2.75) is 13.5 Å². The summed E-state index contributed by atoms with van der Waals surface area (Å²) in [6.45, 7) is 2.08. The van der Waals surface area contributed by atoms with Gasteiger partial charge < -0.3 is 13.9 Å². The van der Waals surface area contributed by atoms with Crippen molar-refractivity contribution in [3.63, 3.8) is 0 Å². The first-order valence-corrected chi connectivity index (χ1v) is 7.45. The highest BCUT2D eigenvalue weighted by Gasteiger charge is 2.19. The van der Waals surface area contributed by atoms with Gasteiger partial charge in [0.25, 0.3) is 0 Å². The Hall–Kier alpha value is -2.46. The van der Waals surface area contributed by atoms with Crippen molar-refractivity contribution in [2.75, 3.05) is 7.11 Å². The molecule has 0 aliphatic heterocycles. The first kappa shape index (κ1) is 15.4. The molecule has 0 bridgehead atoms. The molecule has 118 valence electrons. The van der Waals surface area contributed by atoms with Crippen LogP contribution in [0.25, 0.3) is 11.0 Å². The van der Waals surface area contributed by atoms with Gasteiger partial charge in [0, 0.05) is 16.0 Å². The number of aryl methyl sites for hydroxylation is 1. The van der Waals surface area contributed by atoms with E-state index in [4.69, 9.17) is 25.5 Å². The number of fused-ring (bicyclic) bond motifs is 1. The molecule has 0 unspecified atom stereocenters. The number of hydrogen-bond donors (Lipinski definition) is 0. The summed E-state index contributed by atoms with van der Waals surface area (Å²) >= 11 is 6.12. The SMILES string of the molecule is COC(=O)c1c(C)oc2ccc(OCc3ccccc3Cl)cc12. The predicted molar refractivity (Wildman–Crippen MR) is 88.1 cm³/mol. The molecular weight excluding hydrogens is 316 g/mol. The summed E-state index contributed by atoms with van der Waals surface area (Å²) in [5.41, 5.74) is 1.93. The molecule has 4 nitrogen and oxygen atoms in total. The van der Waals surface area contributed by atoms with Gasteiger partial charge in [-0.15, -0.1) is 0 Å². The van der Waals surface area contributed by atoms with Crippen LogP contribution in [0.1, 0.15) is 21.7 Å². The van der Waals surface area contributed by atoms with Crippen LogP contribution in [0.4, 0.5) is 0 Å². The lowest BCUT2D eigenvalue weighted by molar-refractivity contribution is 0.0601. The Bertz CT molecular complexity index is 867. The third-order valence-corrected chi connectivity index (χ3v) is 3.95. The normalized spacial score (nSPS) is 10.7. The van der Waals surface area contributed by atoms with E-state index in [0.717, 1.165) is 5.56 Å². The monoisotopic (exact) mass is 330 g/mol. The fourth-order valence-electron chi connectivity index (χ4n) is 2.42. The third kappa shape index (κ3) is 3.03. The minimum Gasteiger partial charge on any atom is -0.489 e. The highest BCUT2D eigenvalue weighted by Crippen LogP contribution is 2.30. The van der Waals surface area contributed by atoms with Crippen LogP contribution in [-0.4, -0.2) is 13.1 Å². The fourth-order valence-corrected chi connectivity index (χ4v) is 2.61. The van der Waals surface area contributed by atoms with E-state index in [1.54, 1.807) is 25.1 Å². The van der Waals surface area contributed by atoms with Gasteiger partial charge in [-0.2, -0.15) is 0 Å². The second-order valence-electron chi connectivity index (χ2n) is 5.06. The van der Waals surface area contributed by atoms with E-state index in [2.05, 4.69) is 0 Å². The second-order valence-corrected chi connectivity index (χ2v) is 5.47. The van der Waals surface area contributed by atoms with Gasteiger partial charge in [0.15, 0.2) is 0 Å². The van der Waals surface area contributed by atoms with Gasteiger partial charge in [-0.05, 0) is 31.2 Å². The summed E-state index contributed by atoms with van der Waals surface area (Å²) in [5.74, 6) is 0.725. The van der Waals surface area contributed by atoms with Crippen molar-refractivity contribution in [1.29, 1.82) is 0 Å². The number of esters is 1. The molecule has 3 rings (SSSR count). The molecule has 0 fully saturated rings. The van der Waals surface area contributed by atoms with Gasteiger partial charge in [-0.1, -0.05) is 29.8 Å². The van der Waals surface area contributed by atoms with E-state index in [1.807, 2.05) is 24.3 Å². The quantitative estimate of drug-likeness (QED) is 0.647. The molecule has 0 amide bonds. The van der Waals surface area contributed by atoms with Gasteiger partial charge in [0.1, 0.15) is 29.3 Å². The van der Waals surface area contributed by atoms with Crippen LogP contribution in [0.5, 0.6) is 5.75 Å². The van der Waals surface area contributed by atoms with Crippen molar-refractivity contribution in [1.82, 2.24) is 0 Å². The number of rotatable bonds is 4. The van der Waals surface area contributed by atoms with Crippen LogP contribution in [0.2, 0.25) is 5.02 Å². The highest BCUT2D eigenvalue weighted by molar-refractivity contribution is 6.31. The molecule has 0 aliphatic carbocycles. The molecule has 0 atom stereocenters. The largest absolute Gasteiger partial charge is 0.489 e. The minimum absolute atomic E-state index is 0.343. The Morgan fingerprint density at radius 3 is 2.74 bits per heavy atom. The van der Waals surface area contributed by atoms with Gasteiger partial charge in [0.05, 0.1) is 7.11 Å². The van der Waals surface area contributed by atoms with Crippen molar-refractivity contribution in [3.05, 3.63) is 64.4 Å². The number of ether oxygens (including phenoxy) is 2. The Morgan fingerprint density at radius 1 is 1.22 bits per heavy atom. The van der Waals surface area contributed by atoms with Gasteiger partial charge in [-0.25, -0.2) is 4.79 Å². The fraction of sp³-hybridized carbons (Fsp3) is 0.167. The van der Waals surface area contributed by atoms with Crippen LogP contribution in [0.15, 0.2) is 46.9 Å². The van der Waals surface area contributed by atoms with Crippen molar-refractivity contribution in [2.24, 2.45) is 0 Å². The molecule has 2 aromatic carbocycles. The summed E-state index contributed by atoms with van der Waals surface area (Å²) in [4.78, 5) is 11.9. The van der Waals surface area contributed by atoms with E-state index in [9.17, 15) is 4.79 Å². The summed E-state index contributed by atoms with van der Waals surface area (Å²) in [7, 11) is 1.35. The highest BCUT2D eigenvalue weighted by atomic mass is 35.5. The van der Waals surface area contributed by atoms with Crippen molar-refractivity contribution in [3.8, 4) is 5.75 Å². The van der Waals surface area contributed by atoms with E-state index in [1.165, 1.54) is 7.11 Å². The van der Waals surface area contributed by atoms with Gasteiger partial charge in [-0.3, -0.25) is 0 Å². The maximum Gasteiger partial charge on any atom is 0.342 e. The molecule has 0 saturated heterocycles. The molecule has 0 saturated carbocycles. The zero-order chi connectivity index (χ0) is 16.4. The van der Waals surface area contributed by atoms with E-state index < -0.39 is 5.97 Å². The lowest BCUT2D eigenvalue weighted by Gasteiger charge is -2.08. The van der Waals surface area contributed by atoms with Crippen molar-refractivity contribution < 1.29 is 18.7 Å². The average Bonchev–Trinajstić information content (AvgIpc) is 2.88. The topological polar surface area (TPSA) is 48.7 Å². The maximum atomic E-state index is 11.9. The number of furan rings is 1. The van der Waals surface area contributed by atoms with Crippen LogP contribution < -0.4 is 4.74 Å². The zero-order valence-electron chi connectivity index (χ0n) is 12.8. The molecular formula is C18H15ClO4. The van der Waals surface area contributed by atoms with Crippen LogP contribution in [0, 0.1) is 6.92 Å². The smallest absolute Gasteiger partial charge is 0.342 e. The molecule has 1 aromatic heterocycles. The number of carbonyl (C=O) groups is 1. The zero-order valence-corrected chi connectivity index (χ0v) is 13.5. The average molecular weight is 331 g/mol. The Labute approximate surface area is 138 Å².